The molecule has 5 nitrogen and oxygen atoms in total. The summed E-state index contributed by atoms with van der Waals surface area (Å²) >= 11 is 0. The Balaban J connectivity index is 3.18. The maximum absolute atomic E-state index is 10.4. The molecule has 0 aliphatic heterocycles. The van der Waals surface area contributed by atoms with Crippen LogP contribution in [0.3, 0.4) is 0 Å². The fourth-order valence-corrected chi connectivity index (χ4v) is 0.447. The second-order valence-electron chi connectivity index (χ2n) is 1.85. The lowest BCUT2D eigenvalue weighted by atomic mass is 10.6. The van der Waals surface area contributed by atoms with Gasteiger partial charge in [0, 0.05) is 6.54 Å². The minimum absolute atomic E-state index is 0.139. The van der Waals surface area contributed by atoms with Crippen LogP contribution in [-0.4, -0.2) is 36.7 Å². The first-order valence-electron chi connectivity index (χ1n) is 3.20. The number of rotatable bonds is 5. The van der Waals surface area contributed by atoms with Crippen LogP contribution >= 0.6 is 0 Å². The summed E-state index contributed by atoms with van der Waals surface area (Å²) in [6.45, 7) is -0.0119. The Hall–Kier alpha value is -1.54. The van der Waals surface area contributed by atoms with Crippen LogP contribution in [0.4, 0.5) is 0 Å². The van der Waals surface area contributed by atoms with Gasteiger partial charge in [-0.2, -0.15) is 0 Å². The average molecular weight is 171 g/mol. The van der Waals surface area contributed by atoms with Crippen molar-refractivity contribution in [2.45, 2.75) is 0 Å². The van der Waals surface area contributed by atoms with E-state index >= 15 is 0 Å². The predicted molar refractivity (Wildman–Crippen MR) is 40.3 cm³/mol. The molecule has 1 amide bonds. The number of nitrogens with one attached hydrogen (secondary N) is 1. The molecule has 0 heterocycles. The zero-order chi connectivity index (χ0) is 9.40. The second-order valence-corrected chi connectivity index (χ2v) is 1.85. The van der Waals surface area contributed by atoms with Crippen LogP contribution in [0.15, 0.2) is 0 Å². The van der Waals surface area contributed by atoms with E-state index in [1.165, 1.54) is 0 Å². The van der Waals surface area contributed by atoms with Crippen molar-refractivity contribution in [3.8, 4) is 12.3 Å². The van der Waals surface area contributed by atoms with Crippen molar-refractivity contribution in [2.75, 3.05) is 19.8 Å². The van der Waals surface area contributed by atoms with E-state index in [0.29, 0.717) is 0 Å². The summed E-state index contributed by atoms with van der Waals surface area (Å²) in [7, 11) is 0. The van der Waals surface area contributed by atoms with Crippen molar-refractivity contribution in [1.82, 2.24) is 5.32 Å². The summed E-state index contributed by atoms with van der Waals surface area (Å²) in [4.78, 5) is 20.3. The molecule has 0 fully saturated rings. The highest BCUT2D eigenvalue weighted by Gasteiger charge is 1.96. The average Bonchev–Trinajstić information content (AvgIpc) is 2.03. The van der Waals surface area contributed by atoms with Gasteiger partial charge in [0.15, 0.2) is 0 Å². The number of terminal acetylenes is 1. The summed E-state index contributed by atoms with van der Waals surface area (Å²) in [5, 5.41) is 10.4. The maximum atomic E-state index is 10.4. The van der Waals surface area contributed by atoms with Gasteiger partial charge >= 0.3 is 5.97 Å². The number of amides is 1. The van der Waals surface area contributed by atoms with Gasteiger partial charge in [0.2, 0.25) is 0 Å². The monoisotopic (exact) mass is 171 g/mol. The molecule has 0 aromatic carbocycles. The van der Waals surface area contributed by atoms with Gasteiger partial charge < -0.3 is 15.2 Å². The van der Waals surface area contributed by atoms with Gasteiger partial charge in [-0.05, 0) is 5.92 Å². The van der Waals surface area contributed by atoms with E-state index in [4.69, 9.17) is 11.5 Å². The van der Waals surface area contributed by atoms with Crippen LogP contribution in [0.25, 0.3) is 0 Å². The molecule has 0 aliphatic rings. The van der Waals surface area contributed by atoms with Crippen LogP contribution < -0.4 is 5.32 Å². The fourth-order valence-electron chi connectivity index (χ4n) is 0.447. The number of carbonyl (C=O) groups is 2. The molecule has 0 radical (unpaired) electrons. The Labute approximate surface area is 69.7 Å². The van der Waals surface area contributed by atoms with Gasteiger partial charge in [-0.3, -0.25) is 4.79 Å². The Morgan fingerprint density at radius 3 is 2.75 bits per heavy atom. The van der Waals surface area contributed by atoms with Crippen molar-refractivity contribution in [3.05, 3.63) is 0 Å². The fraction of sp³-hybridized carbons (Fsp3) is 0.429. The first kappa shape index (κ1) is 10.5. The first-order chi connectivity index (χ1) is 5.66. The molecule has 66 valence electrons. The first-order valence-corrected chi connectivity index (χ1v) is 3.20. The molecule has 5 heteroatoms. The van der Waals surface area contributed by atoms with E-state index in [0.717, 1.165) is 0 Å². The number of carboxylic acids is 1. The number of hydrogen-bond acceptors (Lipinski definition) is 3. The topological polar surface area (TPSA) is 75.6 Å². The van der Waals surface area contributed by atoms with Crippen molar-refractivity contribution < 1.29 is 19.4 Å². The molecule has 0 rings (SSSR count). The van der Waals surface area contributed by atoms with E-state index in [1.807, 2.05) is 5.92 Å². The molecule has 12 heavy (non-hydrogen) atoms. The van der Waals surface area contributed by atoms with Crippen molar-refractivity contribution in [1.29, 1.82) is 0 Å². The zero-order valence-electron chi connectivity index (χ0n) is 6.37. The number of ether oxygens (including phenoxy) is 1. The highest BCUT2D eigenvalue weighted by Crippen LogP contribution is 1.73. The van der Waals surface area contributed by atoms with Gasteiger partial charge in [0.1, 0.15) is 6.61 Å². The lowest BCUT2D eigenvalue weighted by molar-refractivity contribution is -0.142. The Bertz CT molecular complexity index is 206. The summed E-state index contributed by atoms with van der Waals surface area (Å²) in [6, 6.07) is 0. The van der Waals surface area contributed by atoms with Gasteiger partial charge in [-0.15, -0.1) is 6.42 Å². The third-order valence-electron chi connectivity index (χ3n) is 0.889. The zero-order valence-corrected chi connectivity index (χ0v) is 6.37. The smallest absolute Gasteiger partial charge is 0.329 e. The predicted octanol–water partition coefficient (Wildman–Crippen LogP) is -1.16. The molecular formula is C7H9NO4. The Morgan fingerprint density at radius 1 is 1.58 bits per heavy atom. The normalized spacial score (nSPS) is 8.58. The minimum Gasteiger partial charge on any atom is -0.480 e. The molecule has 0 aliphatic carbocycles. The molecule has 0 aromatic heterocycles. The lowest BCUT2D eigenvalue weighted by Gasteiger charge is -2.00. The molecular weight excluding hydrogens is 162 g/mol. The van der Waals surface area contributed by atoms with Crippen molar-refractivity contribution in [3.63, 3.8) is 0 Å². The summed E-state index contributed by atoms with van der Waals surface area (Å²) in [5.41, 5.74) is 0. The molecule has 0 saturated carbocycles. The molecule has 0 atom stereocenters. The molecule has 0 saturated heterocycles. The highest BCUT2D eigenvalue weighted by molar-refractivity contribution is 5.92. The minimum atomic E-state index is -1.04. The molecule has 0 bridgehead atoms. The molecule has 0 aromatic rings. The van der Waals surface area contributed by atoms with Crippen LogP contribution in [0.2, 0.25) is 0 Å². The number of carbonyl (C=O) groups excluding carboxylic acids is 1. The van der Waals surface area contributed by atoms with Crippen LogP contribution in [0, 0.1) is 12.3 Å². The number of aliphatic carboxylic acids is 1. The van der Waals surface area contributed by atoms with Crippen LogP contribution in [0.1, 0.15) is 0 Å². The Morgan fingerprint density at radius 2 is 2.25 bits per heavy atom. The molecule has 2 N–H and O–H groups in total. The Kier molecular flexibility index (Phi) is 5.39. The maximum Gasteiger partial charge on any atom is 0.329 e. The second kappa shape index (κ2) is 6.19. The van der Waals surface area contributed by atoms with Gasteiger partial charge in [0.25, 0.3) is 5.91 Å². The van der Waals surface area contributed by atoms with Crippen LogP contribution in [-0.2, 0) is 14.3 Å². The van der Waals surface area contributed by atoms with Crippen molar-refractivity contribution >= 4 is 11.9 Å². The standard InChI is InChI=1S/C7H9NO4/c1-2-6(9)8-3-4-12-5-7(10)11/h1H,3-5H2,(H,8,9)(H,10,11). The van der Waals surface area contributed by atoms with E-state index in [1.54, 1.807) is 0 Å². The SMILES string of the molecule is C#CC(=O)NCCOCC(=O)O. The van der Waals surface area contributed by atoms with E-state index < -0.39 is 11.9 Å². The van der Waals surface area contributed by atoms with Gasteiger partial charge in [-0.25, -0.2) is 4.79 Å². The largest absolute Gasteiger partial charge is 0.480 e. The summed E-state index contributed by atoms with van der Waals surface area (Å²) in [5.74, 6) is 0.266. The molecule has 0 unspecified atom stereocenters. The quantitative estimate of drug-likeness (QED) is 0.404. The third-order valence-corrected chi connectivity index (χ3v) is 0.889. The third kappa shape index (κ3) is 6.58. The number of hydrogen-bond donors (Lipinski definition) is 2. The van der Waals surface area contributed by atoms with Crippen molar-refractivity contribution in [2.24, 2.45) is 0 Å². The summed E-state index contributed by atoms with van der Waals surface area (Å²) < 4.78 is 4.61. The van der Waals surface area contributed by atoms with E-state index in [9.17, 15) is 9.59 Å². The van der Waals surface area contributed by atoms with E-state index in [-0.39, 0.29) is 19.8 Å². The summed E-state index contributed by atoms with van der Waals surface area (Å²) in [6.07, 6.45) is 4.74. The number of carboxylic acid groups (broad SMARTS) is 1. The van der Waals surface area contributed by atoms with Gasteiger partial charge in [-0.1, -0.05) is 0 Å². The lowest BCUT2D eigenvalue weighted by Crippen LogP contribution is -2.26. The van der Waals surface area contributed by atoms with E-state index in [2.05, 4.69) is 10.1 Å². The van der Waals surface area contributed by atoms with Gasteiger partial charge in [0.05, 0.1) is 6.61 Å². The highest BCUT2D eigenvalue weighted by atomic mass is 16.5. The molecule has 0 spiro atoms. The van der Waals surface area contributed by atoms with Crippen LogP contribution in [0.5, 0.6) is 0 Å².